The van der Waals surface area contributed by atoms with Gasteiger partial charge in [-0.05, 0) is 18.6 Å². The SMILES string of the molecule is CCCC[C@H](c1c(F)ccc(OC)c1F)N1CCNCC1. The summed E-state index contributed by atoms with van der Waals surface area (Å²) in [6.45, 7) is 5.42. The maximum atomic E-state index is 14.6. The highest BCUT2D eigenvalue weighted by Crippen LogP contribution is 2.34. The molecule has 1 atom stereocenters. The number of ether oxygens (including phenoxy) is 1. The first-order chi connectivity index (χ1) is 10.2. The molecule has 118 valence electrons. The Bertz CT molecular complexity index is 462. The molecule has 5 heteroatoms. The standard InChI is InChI=1S/C16H24F2N2O/c1-3-4-5-13(20-10-8-19-9-11-20)15-12(17)6-7-14(21-2)16(15)18/h6-7,13,19H,3-5,8-11H2,1-2H3/t13-/m1/s1. The highest BCUT2D eigenvalue weighted by atomic mass is 19.1. The van der Waals surface area contributed by atoms with E-state index in [2.05, 4.69) is 17.1 Å². The molecule has 21 heavy (non-hydrogen) atoms. The van der Waals surface area contributed by atoms with Gasteiger partial charge in [0, 0.05) is 37.8 Å². The van der Waals surface area contributed by atoms with Gasteiger partial charge in [0.1, 0.15) is 5.82 Å². The third kappa shape index (κ3) is 3.71. The first kappa shape index (κ1) is 16.2. The molecular formula is C16H24F2N2O. The molecule has 0 bridgehead atoms. The first-order valence-corrected chi connectivity index (χ1v) is 7.65. The molecule has 1 saturated heterocycles. The van der Waals surface area contributed by atoms with Crippen LogP contribution in [0.3, 0.4) is 0 Å². The molecule has 0 amide bonds. The minimum atomic E-state index is -0.558. The van der Waals surface area contributed by atoms with Gasteiger partial charge in [-0.1, -0.05) is 19.8 Å². The zero-order chi connectivity index (χ0) is 15.2. The van der Waals surface area contributed by atoms with Crippen LogP contribution in [0.5, 0.6) is 5.75 Å². The Morgan fingerprint density at radius 3 is 2.62 bits per heavy atom. The van der Waals surface area contributed by atoms with Crippen molar-refractivity contribution < 1.29 is 13.5 Å². The van der Waals surface area contributed by atoms with Gasteiger partial charge in [0.2, 0.25) is 0 Å². The molecule has 2 rings (SSSR count). The number of hydrogen-bond donors (Lipinski definition) is 1. The van der Waals surface area contributed by atoms with E-state index in [0.717, 1.165) is 45.4 Å². The van der Waals surface area contributed by atoms with Crippen molar-refractivity contribution in [1.82, 2.24) is 10.2 Å². The second-order valence-electron chi connectivity index (χ2n) is 5.42. The van der Waals surface area contributed by atoms with E-state index in [1.165, 1.54) is 19.2 Å². The lowest BCUT2D eigenvalue weighted by Crippen LogP contribution is -2.45. The monoisotopic (exact) mass is 298 g/mol. The zero-order valence-corrected chi connectivity index (χ0v) is 12.8. The lowest BCUT2D eigenvalue weighted by Gasteiger charge is -2.35. The number of nitrogens with one attached hydrogen (secondary N) is 1. The molecule has 0 spiro atoms. The van der Waals surface area contributed by atoms with E-state index in [1.54, 1.807) is 0 Å². The van der Waals surface area contributed by atoms with Crippen molar-refractivity contribution in [2.75, 3.05) is 33.3 Å². The van der Waals surface area contributed by atoms with Crippen LogP contribution in [0.1, 0.15) is 37.8 Å². The topological polar surface area (TPSA) is 24.5 Å². The van der Waals surface area contributed by atoms with Crippen LogP contribution in [0.25, 0.3) is 0 Å². The summed E-state index contributed by atoms with van der Waals surface area (Å²) in [4.78, 5) is 2.17. The molecule has 0 aromatic heterocycles. The number of halogens is 2. The molecule has 1 aliphatic heterocycles. The summed E-state index contributed by atoms with van der Waals surface area (Å²) < 4.78 is 33.8. The van der Waals surface area contributed by atoms with Crippen molar-refractivity contribution in [3.8, 4) is 5.75 Å². The zero-order valence-electron chi connectivity index (χ0n) is 12.8. The van der Waals surface area contributed by atoms with Crippen molar-refractivity contribution in [1.29, 1.82) is 0 Å². The van der Waals surface area contributed by atoms with Gasteiger partial charge in [0.05, 0.1) is 7.11 Å². The number of piperazine rings is 1. The van der Waals surface area contributed by atoms with E-state index in [-0.39, 0.29) is 17.4 Å². The fourth-order valence-electron chi connectivity index (χ4n) is 2.91. The molecule has 1 aliphatic rings. The first-order valence-electron chi connectivity index (χ1n) is 7.65. The average molecular weight is 298 g/mol. The van der Waals surface area contributed by atoms with E-state index >= 15 is 0 Å². The van der Waals surface area contributed by atoms with Gasteiger partial charge in [-0.3, -0.25) is 4.90 Å². The second kappa shape index (κ2) is 7.71. The highest BCUT2D eigenvalue weighted by Gasteiger charge is 2.28. The molecule has 0 aliphatic carbocycles. The Morgan fingerprint density at radius 1 is 1.29 bits per heavy atom. The lowest BCUT2D eigenvalue weighted by atomic mass is 9.97. The van der Waals surface area contributed by atoms with E-state index in [0.29, 0.717) is 0 Å². The Kier molecular flexibility index (Phi) is 5.94. The van der Waals surface area contributed by atoms with Crippen molar-refractivity contribution in [2.45, 2.75) is 32.2 Å². The molecule has 0 radical (unpaired) electrons. The fourth-order valence-corrected chi connectivity index (χ4v) is 2.91. The van der Waals surface area contributed by atoms with Crippen LogP contribution >= 0.6 is 0 Å². The molecule has 1 fully saturated rings. The summed E-state index contributed by atoms with van der Waals surface area (Å²) in [6, 6.07) is 2.43. The van der Waals surface area contributed by atoms with Gasteiger partial charge in [-0.25, -0.2) is 8.78 Å². The highest BCUT2D eigenvalue weighted by molar-refractivity contribution is 5.34. The molecule has 3 nitrogen and oxygen atoms in total. The van der Waals surface area contributed by atoms with E-state index in [1.807, 2.05) is 0 Å². The Hall–Kier alpha value is -1.20. The minimum Gasteiger partial charge on any atom is -0.494 e. The number of unbranched alkanes of at least 4 members (excludes halogenated alkanes) is 1. The summed E-state index contributed by atoms with van der Waals surface area (Å²) in [5.41, 5.74) is 0.157. The van der Waals surface area contributed by atoms with E-state index in [9.17, 15) is 8.78 Å². The van der Waals surface area contributed by atoms with Gasteiger partial charge < -0.3 is 10.1 Å². The van der Waals surface area contributed by atoms with E-state index < -0.39 is 11.6 Å². The summed E-state index contributed by atoms with van der Waals surface area (Å²) in [5, 5.41) is 3.28. The molecule has 1 aromatic rings. The van der Waals surface area contributed by atoms with Crippen LogP contribution in [-0.4, -0.2) is 38.2 Å². The Morgan fingerprint density at radius 2 is 2.00 bits per heavy atom. The molecular weight excluding hydrogens is 274 g/mol. The van der Waals surface area contributed by atoms with Gasteiger partial charge in [-0.2, -0.15) is 0 Å². The van der Waals surface area contributed by atoms with Crippen molar-refractivity contribution in [2.24, 2.45) is 0 Å². The number of hydrogen-bond acceptors (Lipinski definition) is 3. The van der Waals surface area contributed by atoms with Crippen molar-refractivity contribution >= 4 is 0 Å². The number of methoxy groups -OCH3 is 1. The van der Waals surface area contributed by atoms with Crippen LogP contribution in [0.2, 0.25) is 0 Å². The predicted octanol–water partition coefficient (Wildman–Crippen LogP) is 3.11. The fraction of sp³-hybridized carbons (Fsp3) is 0.625. The van der Waals surface area contributed by atoms with Crippen LogP contribution in [-0.2, 0) is 0 Å². The van der Waals surface area contributed by atoms with Gasteiger partial charge in [0.25, 0.3) is 0 Å². The number of benzene rings is 1. The Labute approximate surface area is 125 Å². The minimum absolute atomic E-state index is 0.114. The summed E-state index contributed by atoms with van der Waals surface area (Å²) in [5.74, 6) is -0.923. The van der Waals surface area contributed by atoms with Crippen LogP contribution in [0.15, 0.2) is 12.1 Å². The van der Waals surface area contributed by atoms with E-state index in [4.69, 9.17) is 4.74 Å². The largest absolute Gasteiger partial charge is 0.494 e. The smallest absolute Gasteiger partial charge is 0.172 e. The normalized spacial score (nSPS) is 17.7. The lowest BCUT2D eigenvalue weighted by molar-refractivity contribution is 0.156. The number of nitrogens with zero attached hydrogens (tertiary/aromatic N) is 1. The van der Waals surface area contributed by atoms with Gasteiger partial charge in [-0.15, -0.1) is 0 Å². The maximum absolute atomic E-state index is 14.6. The third-order valence-corrected chi connectivity index (χ3v) is 4.07. The molecule has 0 saturated carbocycles. The summed E-state index contributed by atoms with van der Waals surface area (Å²) in [6.07, 6.45) is 2.72. The predicted molar refractivity (Wildman–Crippen MR) is 79.6 cm³/mol. The number of rotatable bonds is 6. The van der Waals surface area contributed by atoms with Crippen molar-refractivity contribution in [3.63, 3.8) is 0 Å². The van der Waals surface area contributed by atoms with Crippen molar-refractivity contribution in [3.05, 3.63) is 29.3 Å². The Balaban J connectivity index is 2.35. The quantitative estimate of drug-likeness (QED) is 0.873. The molecule has 1 heterocycles. The van der Waals surface area contributed by atoms with Crippen LogP contribution < -0.4 is 10.1 Å². The summed E-state index contributed by atoms with van der Waals surface area (Å²) >= 11 is 0. The molecule has 0 unspecified atom stereocenters. The third-order valence-electron chi connectivity index (χ3n) is 4.07. The summed E-state index contributed by atoms with van der Waals surface area (Å²) in [7, 11) is 1.41. The van der Waals surface area contributed by atoms with Crippen LogP contribution in [0.4, 0.5) is 8.78 Å². The maximum Gasteiger partial charge on any atom is 0.172 e. The van der Waals surface area contributed by atoms with Gasteiger partial charge >= 0.3 is 0 Å². The average Bonchev–Trinajstić information content (AvgIpc) is 2.51. The molecule has 1 aromatic carbocycles. The second-order valence-corrected chi connectivity index (χ2v) is 5.42. The van der Waals surface area contributed by atoms with Crippen LogP contribution in [0, 0.1) is 11.6 Å². The van der Waals surface area contributed by atoms with Gasteiger partial charge in [0.15, 0.2) is 11.6 Å². The molecule has 1 N–H and O–H groups in total.